The molecule has 0 aliphatic heterocycles. The fourth-order valence-electron chi connectivity index (χ4n) is 2.46. The highest BCUT2D eigenvalue weighted by Gasteiger charge is 2.22. The summed E-state index contributed by atoms with van der Waals surface area (Å²) in [6.07, 6.45) is 2.04. The third kappa shape index (κ3) is 2.16. The van der Waals surface area contributed by atoms with E-state index in [1.165, 1.54) is 6.39 Å². The van der Waals surface area contributed by atoms with E-state index in [9.17, 15) is 4.79 Å². The standard InChI is InChI=1S/C14H18N6O2/c1-5-8-9-12(17-18-13(9)20(4)19-8)16-14(21)10-11(7(2)3)22-6-15-10/h6-7H,5H2,1-4H3,(H2,16,17,18,21). The van der Waals surface area contributed by atoms with Crippen LogP contribution in [0.1, 0.15) is 48.6 Å². The highest BCUT2D eigenvalue weighted by molar-refractivity contribution is 6.07. The summed E-state index contributed by atoms with van der Waals surface area (Å²) in [4.78, 5) is 16.5. The van der Waals surface area contributed by atoms with Crippen LogP contribution < -0.4 is 5.32 Å². The second-order valence-corrected chi connectivity index (χ2v) is 5.40. The maximum Gasteiger partial charge on any atom is 0.279 e. The lowest BCUT2D eigenvalue weighted by Crippen LogP contribution is -2.15. The van der Waals surface area contributed by atoms with E-state index in [1.807, 2.05) is 27.8 Å². The van der Waals surface area contributed by atoms with Gasteiger partial charge >= 0.3 is 0 Å². The van der Waals surface area contributed by atoms with Gasteiger partial charge in [-0.25, -0.2) is 9.67 Å². The lowest BCUT2D eigenvalue weighted by Gasteiger charge is -2.04. The Kier molecular flexibility index (Phi) is 3.44. The van der Waals surface area contributed by atoms with E-state index in [0.717, 1.165) is 17.5 Å². The van der Waals surface area contributed by atoms with Crippen molar-refractivity contribution in [3.05, 3.63) is 23.5 Å². The van der Waals surface area contributed by atoms with Crippen LogP contribution in [0.15, 0.2) is 10.8 Å². The largest absolute Gasteiger partial charge is 0.447 e. The minimum absolute atomic E-state index is 0.0784. The molecule has 0 aliphatic rings. The van der Waals surface area contributed by atoms with Crippen LogP contribution >= 0.6 is 0 Å². The van der Waals surface area contributed by atoms with E-state index in [4.69, 9.17) is 4.42 Å². The number of nitrogens with one attached hydrogen (secondary N) is 2. The lowest BCUT2D eigenvalue weighted by atomic mass is 10.1. The average Bonchev–Trinajstić information content (AvgIpc) is 3.16. The molecule has 3 rings (SSSR count). The maximum atomic E-state index is 12.4. The van der Waals surface area contributed by atoms with Crippen LogP contribution in [-0.2, 0) is 13.5 Å². The number of nitrogens with zero attached hydrogens (tertiary/aromatic N) is 4. The van der Waals surface area contributed by atoms with Crippen molar-refractivity contribution in [1.29, 1.82) is 0 Å². The van der Waals surface area contributed by atoms with Gasteiger partial charge in [0.1, 0.15) is 11.6 Å². The van der Waals surface area contributed by atoms with Gasteiger partial charge < -0.3 is 9.73 Å². The lowest BCUT2D eigenvalue weighted by molar-refractivity contribution is 0.102. The summed E-state index contributed by atoms with van der Waals surface area (Å²) in [5, 5.41) is 15.1. The molecule has 1 amide bonds. The van der Waals surface area contributed by atoms with Crippen LogP contribution in [0.5, 0.6) is 0 Å². The predicted molar refractivity (Wildman–Crippen MR) is 80.8 cm³/mol. The summed E-state index contributed by atoms with van der Waals surface area (Å²) in [6.45, 7) is 5.90. The predicted octanol–water partition coefficient (Wildman–Crippen LogP) is 2.22. The van der Waals surface area contributed by atoms with Crippen molar-refractivity contribution in [2.75, 3.05) is 5.32 Å². The molecule has 8 heteroatoms. The van der Waals surface area contributed by atoms with Crippen molar-refractivity contribution >= 4 is 22.8 Å². The van der Waals surface area contributed by atoms with Crippen LogP contribution in [0.4, 0.5) is 5.82 Å². The number of aryl methyl sites for hydroxylation is 2. The second-order valence-electron chi connectivity index (χ2n) is 5.40. The van der Waals surface area contributed by atoms with Crippen LogP contribution in [0.2, 0.25) is 0 Å². The molecule has 0 atom stereocenters. The van der Waals surface area contributed by atoms with E-state index >= 15 is 0 Å². The highest BCUT2D eigenvalue weighted by Crippen LogP contribution is 2.25. The number of carbonyl (C=O) groups excluding carboxylic acids is 1. The minimum Gasteiger partial charge on any atom is -0.447 e. The molecular formula is C14H18N6O2. The summed E-state index contributed by atoms with van der Waals surface area (Å²) >= 11 is 0. The van der Waals surface area contributed by atoms with Gasteiger partial charge in [-0.2, -0.15) is 10.2 Å². The molecule has 0 saturated carbocycles. The molecular weight excluding hydrogens is 284 g/mol. The molecule has 0 bridgehead atoms. The number of rotatable bonds is 4. The van der Waals surface area contributed by atoms with Crippen LogP contribution in [0.3, 0.4) is 0 Å². The quantitative estimate of drug-likeness (QED) is 0.769. The summed E-state index contributed by atoms with van der Waals surface area (Å²) in [5.41, 5.74) is 1.88. The molecule has 3 heterocycles. The van der Waals surface area contributed by atoms with Crippen molar-refractivity contribution in [1.82, 2.24) is 25.0 Å². The van der Waals surface area contributed by atoms with Crippen molar-refractivity contribution < 1.29 is 9.21 Å². The molecule has 0 fully saturated rings. The topological polar surface area (TPSA) is 102 Å². The van der Waals surface area contributed by atoms with Crippen LogP contribution in [0, 0.1) is 0 Å². The number of hydrogen-bond donors (Lipinski definition) is 2. The summed E-state index contributed by atoms with van der Waals surface area (Å²) in [7, 11) is 1.82. The van der Waals surface area contributed by atoms with Gasteiger partial charge in [0, 0.05) is 13.0 Å². The summed E-state index contributed by atoms with van der Waals surface area (Å²) in [5.74, 6) is 0.848. The SMILES string of the molecule is CCc1nn(C)c2n[nH]c(NC(=O)c3ncoc3C(C)C)c12. The zero-order valence-electron chi connectivity index (χ0n) is 13.0. The Hall–Kier alpha value is -2.64. The Morgan fingerprint density at radius 3 is 2.95 bits per heavy atom. The van der Waals surface area contributed by atoms with E-state index in [1.54, 1.807) is 4.68 Å². The number of oxazole rings is 1. The number of aromatic nitrogens is 5. The summed E-state index contributed by atoms with van der Waals surface area (Å²) < 4.78 is 6.98. The number of hydrogen-bond acceptors (Lipinski definition) is 5. The fourth-order valence-corrected chi connectivity index (χ4v) is 2.46. The van der Waals surface area contributed by atoms with Gasteiger partial charge in [0.05, 0.1) is 11.1 Å². The maximum absolute atomic E-state index is 12.4. The molecule has 3 aromatic rings. The molecule has 0 unspecified atom stereocenters. The van der Waals surface area contributed by atoms with Gasteiger partial charge in [0.25, 0.3) is 5.91 Å². The van der Waals surface area contributed by atoms with Gasteiger partial charge in [-0.1, -0.05) is 20.8 Å². The number of aromatic amines is 1. The van der Waals surface area contributed by atoms with Crippen LogP contribution in [-0.4, -0.2) is 30.9 Å². The number of fused-ring (bicyclic) bond motifs is 1. The zero-order valence-corrected chi connectivity index (χ0v) is 13.0. The Morgan fingerprint density at radius 1 is 1.50 bits per heavy atom. The summed E-state index contributed by atoms with van der Waals surface area (Å²) in [6, 6.07) is 0. The fraction of sp³-hybridized carbons (Fsp3) is 0.429. The Balaban J connectivity index is 1.96. The first-order valence-electron chi connectivity index (χ1n) is 7.17. The number of anilines is 1. The third-order valence-electron chi connectivity index (χ3n) is 3.52. The molecule has 0 saturated heterocycles. The first-order valence-corrected chi connectivity index (χ1v) is 7.17. The van der Waals surface area contributed by atoms with Crippen molar-refractivity contribution in [3.8, 4) is 0 Å². The molecule has 3 aromatic heterocycles. The van der Waals surface area contributed by atoms with Crippen molar-refractivity contribution in [2.45, 2.75) is 33.1 Å². The highest BCUT2D eigenvalue weighted by atomic mass is 16.3. The molecule has 8 nitrogen and oxygen atoms in total. The number of H-pyrrole nitrogens is 1. The first kappa shape index (κ1) is 14.3. The first-order chi connectivity index (χ1) is 10.5. The van der Waals surface area contributed by atoms with Crippen molar-refractivity contribution in [3.63, 3.8) is 0 Å². The van der Waals surface area contributed by atoms with E-state index in [-0.39, 0.29) is 11.8 Å². The Morgan fingerprint density at radius 2 is 2.27 bits per heavy atom. The average molecular weight is 302 g/mol. The van der Waals surface area contributed by atoms with E-state index in [0.29, 0.717) is 22.9 Å². The Labute approximate surface area is 126 Å². The third-order valence-corrected chi connectivity index (χ3v) is 3.52. The molecule has 0 spiro atoms. The van der Waals surface area contributed by atoms with E-state index < -0.39 is 0 Å². The molecule has 2 N–H and O–H groups in total. The smallest absolute Gasteiger partial charge is 0.279 e. The number of carbonyl (C=O) groups is 1. The monoisotopic (exact) mass is 302 g/mol. The second kappa shape index (κ2) is 5.28. The van der Waals surface area contributed by atoms with Crippen molar-refractivity contribution in [2.24, 2.45) is 7.05 Å². The van der Waals surface area contributed by atoms with Gasteiger partial charge in [-0.05, 0) is 6.42 Å². The minimum atomic E-state index is -0.325. The number of amides is 1. The van der Waals surface area contributed by atoms with Gasteiger partial charge in [0.15, 0.2) is 17.7 Å². The van der Waals surface area contributed by atoms with Gasteiger partial charge in [0.2, 0.25) is 0 Å². The molecule has 0 radical (unpaired) electrons. The molecule has 0 aliphatic carbocycles. The molecule has 0 aromatic carbocycles. The van der Waals surface area contributed by atoms with E-state index in [2.05, 4.69) is 25.6 Å². The normalized spacial score (nSPS) is 11.5. The zero-order chi connectivity index (χ0) is 15.9. The van der Waals surface area contributed by atoms with Gasteiger partial charge in [-0.3, -0.25) is 9.89 Å². The Bertz CT molecular complexity index is 826. The molecule has 22 heavy (non-hydrogen) atoms. The molecule has 116 valence electrons. The van der Waals surface area contributed by atoms with Gasteiger partial charge in [-0.15, -0.1) is 0 Å². The van der Waals surface area contributed by atoms with Crippen LogP contribution in [0.25, 0.3) is 11.0 Å².